The number of benzene rings is 1. The van der Waals surface area contributed by atoms with E-state index >= 15 is 0 Å². The van der Waals surface area contributed by atoms with Gasteiger partial charge in [-0.2, -0.15) is 0 Å². The van der Waals surface area contributed by atoms with Crippen molar-refractivity contribution >= 4 is 23.1 Å². The molecule has 6 heteroatoms. The lowest BCUT2D eigenvalue weighted by Gasteiger charge is -2.10. The Balaban J connectivity index is 1.70. The maximum atomic E-state index is 13.1. The van der Waals surface area contributed by atoms with Crippen LogP contribution in [0.25, 0.3) is 0 Å². The third-order valence-corrected chi connectivity index (χ3v) is 5.38. The molecule has 0 amide bonds. The quantitative estimate of drug-likeness (QED) is 0.456. The van der Waals surface area contributed by atoms with Crippen LogP contribution in [0.2, 0.25) is 0 Å². The van der Waals surface area contributed by atoms with E-state index in [2.05, 4.69) is 0 Å². The minimum Gasteiger partial charge on any atom is -0.453 e. The molecule has 3 rings (SSSR count). The molecule has 4 nitrogen and oxygen atoms in total. The Morgan fingerprint density at radius 2 is 1.78 bits per heavy atom. The van der Waals surface area contributed by atoms with Gasteiger partial charge < -0.3 is 9.30 Å². The molecule has 140 valence electrons. The molecule has 3 aromatic rings. The smallest absolute Gasteiger partial charge is 0.348 e. The molecule has 2 heterocycles. The molecule has 0 bridgehead atoms. The molecular formula is C21H20FNO3S. The summed E-state index contributed by atoms with van der Waals surface area (Å²) in [5.41, 5.74) is 3.19. The Labute approximate surface area is 161 Å². The van der Waals surface area contributed by atoms with Gasteiger partial charge in [-0.25, -0.2) is 9.18 Å². The molecular weight excluding hydrogens is 365 g/mol. The van der Waals surface area contributed by atoms with E-state index in [1.54, 1.807) is 24.3 Å². The monoisotopic (exact) mass is 385 g/mol. The van der Waals surface area contributed by atoms with Gasteiger partial charge in [0.2, 0.25) is 5.78 Å². The summed E-state index contributed by atoms with van der Waals surface area (Å²) in [6, 6.07) is 11.6. The van der Waals surface area contributed by atoms with Crippen molar-refractivity contribution in [1.29, 1.82) is 0 Å². The van der Waals surface area contributed by atoms with Crippen LogP contribution in [0.5, 0.6) is 0 Å². The fourth-order valence-electron chi connectivity index (χ4n) is 2.92. The van der Waals surface area contributed by atoms with E-state index in [-0.39, 0.29) is 18.2 Å². The van der Waals surface area contributed by atoms with Crippen LogP contribution in [0, 0.1) is 26.6 Å². The highest BCUT2D eigenvalue weighted by molar-refractivity contribution is 7.13. The lowest BCUT2D eigenvalue weighted by molar-refractivity contribution is 0.0479. The zero-order valence-electron chi connectivity index (χ0n) is 15.4. The number of ketones is 1. The van der Waals surface area contributed by atoms with E-state index in [0.29, 0.717) is 17.0 Å². The molecule has 0 unspecified atom stereocenters. The maximum Gasteiger partial charge on any atom is 0.348 e. The van der Waals surface area contributed by atoms with Crippen molar-refractivity contribution in [2.75, 3.05) is 6.61 Å². The van der Waals surface area contributed by atoms with Crippen LogP contribution in [0.3, 0.4) is 0 Å². The summed E-state index contributed by atoms with van der Waals surface area (Å²) in [5.74, 6) is -1.00. The van der Waals surface area contributed by atoms with Crippen molar-refractivity contribution in [3.8, 4) is 0 Å². The molecule has 0 N–H and O–H groups in total. The number of hydrogen-bond acceptors (Lipinski definition) is 4. The topological polar surface area (TPSA) is 48.3 Å². The zero-order valence-corrected chi connectivity index (χ0v) is 16.2. The molecule has 0 saturated carbocycles. The van der Waals surface area contributed by atoms with E-state index in [1.807, 2.05) is 31.4 Å². The number of hydrogen-bond donors (Lipinski definition) is 0. The lowest BCUT2D eigenvalue weighted by atomic mass is 10.1. The SMILES string of the molecule is Cc1ccc(C(=O)OCC(=O)c2cc(C)n(Cc3ccc(F)cc3)c2C)s1. The van der Waals surface area contributed by atoms with Gasteiger partial charge in [-0.05, 0) is 56.7 Å². The predicted molar refractivity (Wildman–Crippen MR) is 103 cm³/mol. The number of aryl methyl sites for hydroxylation is 2. The third kappa shape index (κ3) is 4.34. The molecule has 1 aromatic carbocycles. The van der Waals surface area contributed by atoms with Crippen LogP contribution in [0.4, 0.5) is 4.39 Å². The van der Waals surface area contributed by atoms with Gasteiger partial charge in [-0.3, -0.25) is 4.79 Å². The van der Waals surface area contributed by atoms with Gasteiger partial charge in [-0.1, -0.05) is 12.1 Å². The minimum atomic E-state index is -0.485. The number of Topliss-reactive ketones (excluding diaryl/α,β-unsaturated/α-hetero) is 1. The van der Waals surface area contributed by atoms with Crippen molar-refractivity contribution < 1.29 is 18.7 Å². The molecule has 0 atom stereocenters. The van der Waals surface area contributed by atoms with Crippen LogP contribution in [0.1, 0.15) is 41.9 Å². The van der Waals surface area contributed by atoms with Crippen LogP contribution >= 0.6 is 11.3 Å². The largest absolute Gasteiger partial charge is 0.453 e. The Bertz CT molecular complexity index is 986. The Morgan fingerprint density at radius 1 is 1.07 bits per heavy atom. The van der Waals surface area contributed by atoms with Crippen molar-refractivity contribution in [2.24, 2.45) is 0 Å². The molecule has 0 saturated heterocycles. The van der Waals surface area contributed by atoms with E-state index in [0.717, 1.165) is 21.8 Å². The van der Waals surface area contributed by atoms with Crippen LogP contribution in [-0.4, -0.2) is 22.9 Å². The average Bonchev–Trinajstić information content (AvgIpc) is 3.19. The van der Waals surface area contributed by atoms with Crippen LogP contribution < -0.4 is 0 Å². The second kappa shape index (κ2) is 7.88. The molecule has 0 radical (unpaired) electrons. The summed E-state index contributed by atoms with van der Waals surface area (Å²) < 4.78 is 20.2. The minimum absolute atomic E-state index is 0.241. The van der Waals surface area contributed by atoms with Gasteiger partial charge >= 0.3 is 5.97 Å². The zero-order chi connectivity index (χ0) is 19.6. The summed E-state index contributed by atoms with van der Waals surface area (Å²) in [6.07, 6.45) is 0. The second-order valence-corrected chi connectivity index (χ2v) is 7.69. The van der Waals surface area contributed by atoms with E-state index < -0.39 is 5.97 Å². The molecule has 0 aliphatic carbocycles. The summed E-state index contributed by atoms with van der Waals surface area (Å²) in [7, 11) is 0. The average molecular weight is 385 g/mol. The van der Waals surface area contributed by atoms with E-state index in [1.165, 1.54) is 23.5 Å². The number of carbonyl (C=O) groups is 2. The summed E-state index contributed by atoms with van der Waals surface area (Å²) in [6.45, 7) is 5.92. The fraction of sp³-hybridized carbons (Fsp3) is 0.238. The summed E-state index contributed by atoms with van der Waals surface area (Å²) in [5, 5.41) is 0. The van der Waals surface area contributed by atoms with Crippen LogP contribution in [0.15, 0.2) is 42.5 Å². The van der Waals surface area contributed by atoms with Crippen LogP contribution in [-0.2, 0) is 11.3 Å². The number of thiophene rings is 1. The first-order chi connectivity index (χ1) is 12.8. The first-order valence-corrected chi connectivity index (χ1v) is 9.34. The van der Waals surface area contributed by atoms with Gasteiger partial charge in [0.05, 0.1) is 0 Å². The van der Waals surface area contributed by atoms with Crippen molar-refractivity contribution in [1.82, 2.24) is 4.57 Å². The molecule has 0 aliphatic rings. The Hall–Kier alpha value is -2.73. The van der Waals surface area contributed by atoms with Gasteiger partial charge in [-0.15, -0.1) is 11.3 Å². The standard InChI is InChI=1S/C21H20FNO3S/c1-13-10-18(15(3)23(13)11-16-5-7-17(22)8-6-16)19(24)12-26-21(25)20-9-4-14(2)27-20/h4-10H,11-12H2,1-3H3. The number of rotatable bonds is 6. The third-order valence-electron chi connectivity index (χ3n) is 4.40. The number of ether oxygens (including phenoxy) is 1. The Kier molecular flexibility index (Phi) is 5.56. The van der Waals surface area contributed by atoms with Gasteiger partial charge in [0.25, 0.3) is 0 Å². The number of carbonyl (C=O) groups excluding carboxylic acids is 2. The van der Waals surface area contributed by atoms with Crippen molar-refractivity contribution in [3.05, 3.63) is 80.6 Å². The second-order valence-electron chi connectivity index (χ2n) is 6.41. The molecule has 2 aromatic heterocycles. The first-order valence-electron chi connectivity index (χ1n) is 8.53. The van der Waals surface area contributed by atoms with E-state index in [9.17, 15) is 14.0 Å². The molecule has 0 fully saturated rings. The van der Waals surface area contributed by atoms with Gasteiger partial charge in [0.15, 0.2) is 6.61 Å². The molecule has 0 aliphatic heterocycles. The number of halogens is 1. The highest BCUT2D eigenvalue weighted by atomic mass is 32.1. The normalized spacial score (nSPS) is 10.8. The number of esters is 1. The summed E-state index contributed by atoms with van der Waals surface area (Å²) in [4.78, 5) is 26.1. The van der Waals surface area contributed by atoms with Gasteiger partial charge in [0.1, 0.15) is 10.7 Å². The van der Waals surface area contributed by atoms with E-state index in [4.69, 9.17) is 4.74 Å². The first kappa shape index (κ1) is 19.0. The number of nitrogens with zero attached hydrogens (tertiary/aromatic N) is 1. The maximum absolute atomic E-state index is 13.1. The lowest BCUT2D eigenvalue weighted by Crippen LogP contribution is -2.14. The molecule has 0 spiro atoms. The van der Waals surface area contributed by atoms with Gasteiger partial charge in [0, 0.05) is 28.4 Å². The highest BCUT2D eigenvalue weighted by Gasteiger charge is 2.18. The fourth-order valence-corrected chi connectivity index (χ4v) is 3.68. The van der Waals surface area contributed by atoms with Crippen molar-refractivity contribution in [2.45, 2.75) is 27.3 Å². The summed E-state index contributed by atoms with van der Waals surface area (Å²) >= 11 is 1.34. The predicted octanol–water partition coefficient (Wildman–Crippen LogP) is 4.70. The highest BCUT2D eigenvalue weighted by Crippen LogP contribution is 2.19. The Morgan fingerprint density at radius 3 is 2.41 bits per heavy atom. The molecule has 27 heavy (non-hydrogen) atoms. The number of aromatic nitrogens is 1. The van der Waals surface area contributed by atoms with Crippen molar-refractivity contribution in [3.63, 3.8) is 0 Å².